The molecule has 4 rings (SSSR count). The lowest BCUT2D eigenvalue weighted by Gasteiger charge is -2.37. The van der Waals surface area contributed by atoms with E-state index in [-0.39, 0.29) is 30.0 Å². The third kappa shape index (κ3) is 5.98. The van der Waals surface area contributed by atoms with E-state index in [1.807, 2.05) is 26.0 Å². The summed E-state index contributed by atoms with van der Waals surface area (Å²) in [5, 5.41) is 4.36. The summed E-state index contributed by atoms with van der Waals surface area (Å²) in [6, 6.07) is 9.29. The molecule has 38 heavy (non-hydrogen) atoms. The number of ether oxygens (including phenoxy) is 1. The van der Waals surface area contributed by atoms with Gasteiger partial charge >= 0.3 is 12.1 Å². The van der Waals surface area contributed by atoms with Crippen molar-refractivity contribution in [3.05, 3.63) is 81.9 Å². The van der Waals surface area contributed by atoms with Crippen LogP contribution in [0.25, 0.3) is 0 Å². The van der Waals surface area contributed by atoms with Crippen LogP contribution in [0, 0.1) is 0 Å². The Balaban J connectivity index is 1.74. The summed E-state index contributed by atoms with van der Waals surface area (Å²) >= 11 is 0.975. The molecule has 3 heterocycles. The minimum absolute atomic E-state index is 0.0326. The van der Waals surface area contributed by atoms with Crippen molar-refractivity contribution in [2.75, 3.05) is 0 Å². The van der Waals surface area contributed by atoms with Crippen LogP contribution < -0.4 is 5.32 Å². The van der Waals surface area contributed by atoms with Gasteiger partial charge in [-0.05, 0) is 48.4 Å². The Kier molecular flexibility index (Phi) is 8.05. The number of halogens is 3. The van der Waals surface area contributed by atoms with E-state index in [9.17, 15) is 22.8 Å². The molecule has 11 heteroatoms. The van der Waals surface area contributed by atoms with Crippen molar-refractivity contribution in [1.82, 2.24) is 10.2 Å². The lowest BCUT2D eigenvalue weighted by molar-refractivity contribution is -0.145. The van der Waals surface area contributed by atoms with Crippen LogP contribution in [-0.2, 0) is 20.9 Å². The highest BCUT2D eigenvalue weighted by Gasteiger charge is 2.49. The SMILES string of the molecule is CC(C)OC(=O)C1=C(C(F)(F)F)N=C2SC=C(CC(=O)NCc3ccco3)N2C1c1ccc(C(C)C)cc1. The van der Waals surface area contributed by atoms with Crippen molar-refractivity contribution in [1.29, 1.82) is 0 Å². The maximum absolute atomic E-state index is 14.3. The fraction of sp³-hybridized carbons (Fsp3) is 0.370. The number of aliphatic imine (C=N–C) groups is 1. The molecule has 1 unspecified atom stereocenters. The largest absolute Gasteiger partial charge is 0.467 e. The van der Waals surface area contributed by atoms with Gasteiger partial charge < -0.3 is 19.4 Å². The first-order chi connectivity index (χ1) is 18.0. The highest BCUT2D eigenvalue weighted by Crippen LogP contribution is 2.48. The molecule has 0 spiro atoms. The normalized spacial score (nSPS) is 17.5. The number of amidine groups is 1. The van der Waals surface area contributed by atoms with E-state index in [1.165, 1.54) is 11.2 Å². The Morgan fingerprint density at radius 3 is 2.45 bits per heavy atom. The third-order valence-electron chi connectivity index (χ3n) is 5.94. The average Bonchev–Trinajstić information content (AvgIpc) is 3.51. The van der Waals surface area contributed by atoms with Crippen molar-refractivity contribution in [3.63, 3.8) is 0 Å². The van der Waals surface area contributed by atoms with Gasteiger partial charge in [-0.2, -0.15) is 13.2 Å². The Morgan fingerprint density at radius 1 is 1.16 bits per heavy atom. The molecule has 0 saturated heterocycles. The number of esters is 1. The van der Waals surface area contributed by atoms with Crippen molar-refractivity contribution in [2.24, 2.45) is 4.99 Å². The number of thioether (sulfide) groups is 1. The molecule has 1 N–H and O–H groups in total. The second-order valence-corrected chi connectivity index (χ2v) is 10.3. The van der Waals surface area contributed by atoms with Crippen LogP contribution in [0.5, 0.6) is 0 Å². The van der Waals surface area contributed by atoms with Gasteiger partial charge in [0.1, 0.15) is 5.76 Å². The number of nitrogens with zero attached hydrogens (tertiary/aromatic N) is 2. The lowest BCUT2D eigenvalue weighted by atomic mass is 9.91. The molecule has 0 bridgehead atoms. The molecular weight excluding hydrogens is 519 g/mol. The maximum Gasteiger partial charge on any atom is 0.434 e. The molecular formula is C27H28F3N3O4S. The van der Waals surface area contributed by atoms with Crippen molar-refractivity contribution >= 4 is 28.8 Å². The highest BCUT2D eigenvalue weighted by molar-refractivity contribution is 8.16. The van der Waals surface area contributed by atoms with Crippen molar-refractivity contribution < 1.29 is 31.9 Å². The third-order valence-corrected chi connectivity index (χ3v) is 6.83. The predicted molar refractivity (Wildman–Crippen MR) is 138 cm³/mol. The molecule has 1 atom stereocenters. The molecule has 7 nitrogen and oxygen atoms in total. The molecule has 0 radical (unpaired) electrons. The summed E-state index contributed by atoms with van der Waals surface area (Å²) in [5.74, 6) is -0.699. The van der Waals surface area contributed by atoms with Gasteiger partial charge in [-0.1, -0.05) is 49.9 Å². The topological polar surface area (TPSA) is 84.1 Å². The van der Waals surface area contributed by atoms with E-state index < -0.39 is 35.6 Å². The summed E-state index contributed by atoms with van der Waals surface area (Å²) in [5.41, 5.74) is -0.0506. The molecule has 2 aliphatic rings. The zero-order valence-corrected chi connectivity index (χ0v) is 22.2. The van der Waals surface area contributed by atoms with E-state index in [0.29, 0.717) is 17.0 Å². The number of allylic oxidation sites excluding steroid dienone is 1. The summed E-state index contributed by atoms with van der Waals surface area (Å²) in [7, 11) is 0. The number of nitrogens with one attached hydrogen (secondary N) is 1. The second kappa shape index (κ2) is 11.1. The number of benzene rings is 1. The molecule has 1 aromatic heterocycles. The first kappa shape index (κ1) is 27.6. The van der Waals surface area contributed by atoms with E-state index in [2.05, 4.69) is 10.3 Å². The average molecular weight is 548 g/mol. The maximum atomic E-state index is 14.3. The number of carbonyl (C=O) groups is 2. The quantitative estimate of drug-likeness (QED) is 0.398. The van der Waals surface area contributed by atoms with Gasteiger partial charge in [-0.15, -0.1) is 0 Å². The zero-order chi connectivity index (χ0) is 27.6. The number of fused-ring (bicyclic) bond motifs is 1. The summed E-state index contributed by atoms with van der Waals surface area (Å²) in [6.45, 7) is 7.31. The van der Waals surface area contributed by atoms with E-state index in [4.69, 9.17) is 9.15 Å². The van der Waals surface area contributed by atoms with Gasteiger partial charge in [-0.25, -0.2) is 9.79 Å². The number of carbonyl (C=O) groups excluding carboxylic acids is 2. The standard InChI is InChI=1S/C27H28F3N3O4S/c1-15(2)17-7-9-18(10-8-17)23-22(25(35)37-16(3)4)24(27(28,29)30)32-26-33(23)19(14-38-26)12-21(34)31-13-20-6-5-11-36-20/h5-11,14-16,23H,12-13H2,1-4H3,(H,31,34). The molecule has 0 fully saturated rings. The number of furan rings is 1. The van der Waals surface area contributed by atoms with Crippen LogP contribution in [0.3, 0.4) is 0 Å². The van der Waals surface area contributed by atoms with Crippen LogP contribution in [0.2, 0.25) is 0 Å². The minimum atomic E-state index is -4.90. The number of rotatable bonds is 8. The van der Waals surface area contributed by atoms with Crippen molar-refractivity contribution in [3.8, 4) is 0 Å². The molecule has 202 valence electrons. The minimum Gasteiger partial charge on any atom is -0.467 e. The van der Waals surface area contributed by atoms with Gasteiger partial charge in [0, 0.05) is 5.70 Å². The van der Waals surface area contributed by atoms with Gasteiger partial charge in [0.05, 0.1) is 36.9 Å². The number of amides is 1. The van der Waals surface area contributed by atoms with Gasteiger partial charge in [-0.3, -0.25) is 4.79 Å². The first-order valence-electron chi connectivity index (χ1n) is 12.1. The predicted octanol–water partition coefficient (Wildman–Crippen LogP) is 6.18. The number of hydrogen-bond donors (Lipinski definition) is 1. The number of alkyl halides is 3. The monoisotopic (exact) mass is 547 g/mol. The summed E-state index contributed by atoms with van der Waals surface area (Å²) in [6.07, 6.45) is -4.19. The molecule has 2 aromatic rings. The molecule has 0 aliphatic carbocycles. The fourth-order valence-corrected chi connectivity index (χ4v) is 5.08. The Labute approximate surface area is 222 Å². The highest BCUT2D eigenvalue weighted by atomic mass is 32.2. The lowest BCUT2D eigenvalue weighted by Crippen LogP contribution is -2.40. The molecule has 0 saturated carbocycles. The van der Waals surface area contributed by atoms with Crippen LogP contribution in [0.4, 0.5) is 13.2 Å². The van der Waals surface area contributed by atoms with Crippen molar-refractivity contribution in [2.45, 2.75) is 64.9 Å². The van der Waals surface area contributed by atoms with Crippen LogP contribution in [0.15, 0.2) is 74.4 Å². The molecule has 1 amide bonds. The Hall–Kier alpha value is -3.47. The van der Waals surface area contributed by atoms with E-state index in [1.54, 1.807) is 43.5 Å². The van der Waals surface area contributed by atoms with E-state index >= 15 is 0 Å². The van der Waals surface area contributed by atoms with Gasteiger partial charge in [0.25, 0.3) is 0 Å². The Bertz CT molecular complexity index is 1280. The van der Waals surface area contributed by atoms with Crippen LogP contribution in [0.1, 0.15) is 63.0 Å². The van der Waals surface area contributed by atoms with Crippen LogP contribution >= 0.6 is 11.8 Å². The Morgan fingerprint density at radius 2 is 1.87 bits per heavy atom. The number of hydrogen-bond acceptors (Lipinski definition) is 7. The first-order valence-corrected chi connectivity index (χ1v) is 13.0. The fourth-order valence-electron chi connectivity index (χ4n) is 4.16. The zero-order valence-electron chi connectivity index (χ0n) is 21.3. The van der Waals surface area contributed by atoms with Gasteiger partial charge in [0.15, 0.2) is 10.9 Å². The summed E-state index contributed by atoms with van der Waals surface area (Å²) in [4.78, 5) is 31.3. The van der Waals surface area contributed by atoms with Gasteiger partial charge in [0.2, 0.25) is 5.91 Å². The smallest absolute Gasteiger partial charge is 0.434 e. The van der Waals surface area contributed by atoms with Crippen LogP contribution in [-0.4, -0.2) is 34.2 Å². The summed E-state index contributed by atoms with van der Waals surface area (Å²) < 4.78 is 53.3. The molecule has 1 aromatic carbocycles. The molecule has 2 aliphatic heterocycles. The van der Waals surface area contributed by atoms with E-state index in [0.717, 1.165) is 17.3 Å². The second-order valence-electron chi connectivity index (χ2n) is 9.46.